The van der Waals surface area contributed by atoms with Crippen molar-refractivity contribution in [1.29, 1.82) is 0 Å². The summed E-state index contributed by atoms with van der Waals surface area (Å²) in [6.45, 7) is 0. The van der Waals surface area contributed by atoms with E-state index in [0.717, 1.165) is 12.1 Å². The third-order valence-electron chi connectivity index (χ3n) is 2.46. The van der Waals surface area contributed by atoms with Crippen LogP contribution in [0.15, 0.2) is 36.7 Å². The molecule has 1 N–H and O–H groups in total. The van der Waals surface area contributed by atoms with Crippen LogP contribution >= 0.6 is 11.6 Å². The number of alkyl halides is 3. The van der Waals surface area contributed by atoms with Crippen molar-refractivity contribution in [3.05, 3.63) is 58.6 Å². The van der Waals surface area contributed by atoms with Crippen LogP contribution in [0.1, 0.15) is 22.9 Å². The minimum atomic E-state index is -4.57. The lowest BCUT2D eigenvalue weighted by molar-refractivity contribution is -0.141. The molecule has 1 atom stereocenters. The number of halogens is 4. The normalized spacial score (nSPS) is 13.3. The van der Waals surface area contributed by atoms with Gasteiger partial charge < -0.3 is 5.11 Å². The van der Waals surface area contributed by atoms with Gasteiger partial charge >= 0.3 is 6.18 Å². The largest absolute Gasteiger partial charge is 0.433 e. The van der Waals surface area contributed by atoms with Crippen LogP contribution in [0.25, 0.3) is 0 Å². The van der Waals surface area contributed by atoms with Crippen molar-refractivity contribution in [2.24, 2.45) is 0 Å². The van der Waals surface area contributed by atoms with Gasteiger partial charge in [0, 0.05) is 23.5 Å². The quantitative estimate of drug-likeness (QED) is 0.863. The molecule has 3 nitrogen and oxygen atoms in total. The lowest BCUT2D eigenvalue weighted by Crippen LogP contribution is -2.10. The summed E-state index contributed by atoms with van der Waals surface area (Å²) in [6, 6.07) is 5.08. The van der Waals surface area contributed by atoms with Crippen molar-refractivity contribution < 1.29 is 18.3 Å². The molecular formula is C12H8ClF3N2O. The number of aromatic nitrogens is 2. The van der Waals surface area contributed by atoms with Crippen LogP contribution in [0.4, 0.5) is 13.2 Å². The Kier molecular flexibility index (Phi) is 3.73. The van der Waals surface area contributed by atoms with E-state index in [1.165, 1.54) is 12.4 Å². The molecule has 0 fully saturated rings. The summed E-state index contributed by atoms with van der Waals surface area (Å²) in [5, 5.41) is 9.64. The molecule has 0 saturated heterocycles. The van der Waals surface area contributed by atoms with Gasteiger partial charge in [-0.05, 0) is 12.1 Å². The van der Waals surface area contributed by atoms with Crippen molar-refractivity contribution >= 4 is 11.6 Å². The summed E-state index contributed by atoms with van der Waals surface area (Å²) in [7, 11) is 0. The first kappa shape index (κ1) is 13.8. The summed E-state index contributed by atoms with van der Waals surface area (Å²) in [6.07, 6.45) is -2.82. The van der Waals surface area contributed by atoms with E-state index in [1.54, 1.807) is 12.1 Å². The van der Waals surface area contributed by atoms with E-state index in [0.29, 0.717) is 5.56 Å². The average molecular weight is 289 g/mol. The Labute approximate surface area is 111 Å². The first-order valence-corrected chi connectivity index (χ1v) is 5.59. The first-order chi connectivity index (χ1) is 8.89. The third-order valence-corrected chi connectivity index (χ3v) is 2.77. The molecule has 0 radical (unpaired) electrons. The van der Waals surface area contributed by atoms with Gasteiger partial charge in [-0.25, -0.2) is 4.98 Å². The van der Waals surface area contributed by atoms with E-state index in [2.05, 4.69) is 9.97 Å². The number of rotatable bonds is 2. The average Bonchev–Trinajstić information content (AvgIpc) is 2.38. The van der Waals surface area contributed by atoms with Gasteiger partial charge in [-0.3, -0.25) is 4.98 Å². The fourth-order valence-corrected chi connectivity index (χ4v) is 1.78. The standard InChI is InChI=1S/C12H8ClF3N2O/c13-11-8(3-4-9(18-11)12(14,15)16)10(19)7-2-1-5-17-6-7/h1-6,10,19H. The summed E-state index contributed by atoms with van der Waals surface area (Å²) in [5.74, 6) is 0. The minimum absolute atomic E-state index is 0.0997. The van der Waals surface area contributed by atoms with Gasteiger partial charge in [0.15, 0.2) is 0 Å². The minimum Gasteiger partial charge on any atom is -0.383 e. The van der Waals surface area contributed by atoms with Gasteiger partial charge in [0.25, 0.3) is 0 Å². The topological polar surface area (TPSA) is 46.0 Å². The molecule has 19 heavy (non-hydrogen) atoms. The fraction of sp³-hybridized carbons (Fsp3) is 0.167. The number of aliphatic hydroxyl groups excluding tert-OH is 1. The zero-order valence-corrected chi connectivity index (χ0v) is 10.2. The van der Waals surface area contributed by atoms with E-state index < -0.39 is 18.0 Å². The number of nitrogens with zero attached hydrogens (tertiary/aromatic N) is 2. The third kappa shape index (κ3) is 3.02. The van der Waals surface area contributed by atoms with Crippen LogP contribution in [0, 0.1) is 0 Å². The van der Waals surface area contributed by atoms with Crippen molar-refractivity contribution in [2.45, 2.75) is 12.3 Å². The number of aliphatic hydroxyl groups is 1. The Hall–Kier alpha value is -1.66. The highest BCUT2D eigenvalue weighted by molar-refractivity contribution is 6.30. The van der Waals surface area contributed by atoms with Gasteiger partial charge in [0.2, 0.25) is 0 Å². The van der Waals surface area contributed by atoms with Gasteiger partial charge in [-0.1, -0.05) is 23.7 Å². The van der Waals surface area contributed by atoms with Crippen LogP contribution in [0.3, 0.4) is 0 Å². The van der Waals surface area contributed by atoms with E-state index in [1.807, 2.05) is 0 Å². The molecule has 0 spiro atoms. The molecule has 0 saturated carbocycles. The van der Waals surface area contributed by atoms with E-state index in [4.69, 9.17) is 11.6 Å². The Balaban J connectivity index is 2.37. The second-order valence-corrected chi connectivity index (χ2v) is 4.12. The van der Waals surface area contributed by atoms with Crippen molar-refractivity contribution in [3.63, 3.8) is 0 Å². The van der Waals surface area contributed by atoms with Gasteiger partial charge in [0.1, 0.15) is 17.0 Å². The van der Waals surface area contributed by atoms with Gasteiger partial charge in [-0.15, -0.1) is 0 Å². The maximum absolute atomic E-state index is 12.4. The lowest BCUT2D eigenvalue weighted by atomic mass is 10.0. The first-order valence-electron chi connectivity index (χ1n) is 5.21. The smallest absolute Gasteiger partial charge is 0.383 e. The maximum atomic E-state index is 12.4. The number of hydrogen-bond donors (Lipinski definition) is 1. The monoisotopic (exact) mass is 288 g/mol. The second kappa shape index (κ2) is 5.14. The summed E-state index contributed by atoms with van der Waals surface area (Å²) in [5.41, 5.74) is -0.576. The molecular weight excluding hydrogens is 281 g/mol. The van der Waals surface area contributed by atoms with Crippen molar-refractivity contribution in [3.8, 4) is 0 Å². The Morgan fingerprint density at radius 3 is 2.47 bits per heavy atom. The molecule has 0 aliphatic heterocycles. The molecule has 1 unspecified atom stereocenters. The highest BCUT2D eigenvalue weighted by Crippen LogP contribution is 2.32. The number of pyridine rings is 2. The Morgan fingerprint density at radius 2 is 1.95 bits per heavy atom. The van der Waals surface area contributed by atoms with Gasteiger partial charge in [0.05, 0.1) is 0 Å². The van der Waals surface area contributed by atoms with Crippen LogP contribution in [0.5, 0.6) is 0 Å². The number of hydrogen-bond acceptors (Lipinski definition) is 3. The zero-order chi connectivity index (χ0) is 14.0. The summed E-state index contributed by atoms with van der Waals surface area (Å²) in [4.78, 5) is 7.07. The lowest BCUT2D eigenvalue weighted by Gasteiger charge is -2.13. The molecule has 0 amide bonds. The Bertz CT molecular complexity index is 575. The van der Waals surface area contributed by atoms with E-state index >= 15 is 0 Å². The van der Waals surface area contributed by atoms with Crippen LogP contribution in [-0.2, 0) is 6.18 Å². The summed E-state index contributed by atoms with van der Waals surface area (Å²) >= 11 is 5.69. The highest BCUT2D eigenvalue weighted by atomic mass is 35.5. The van der Waals surface area contributed by atoms with Gasteiger partial charge in [-0.2, -0.15) is 13.2 Å². The van der Waals surface area contributed by atoms with Crippen LogP contribution < -0.4 is 0 Å². The second-order valence-electron chi connectivity index (χ2n) is 3.76. The SMILES string of the molecule is OC(c1cccnc1)c1ccc(C(F)(F)F)nc1Cl. The molecule has 0 aromatic carbocycles. The fourth-order valence-electron chi connectivity index (χ4n) is 1.52. The van der Waals surface area contributed by atoms with Crippen molar-refractivity contribution in [2.75, 3.05) is 0 Å². The van der Waals surface area contributed by atoms with Crippen molar-refractivity contribution in [1.82, 2.24) is 9.97 Å². The summed E-state index contributed by atoms with van der Waals surface area (Å²) < 4.78 is 37.3. The molecule has 7 heteroatoms. The molecule has 2 aromatic heterocycles. The molecule has 0 aliphatic rings. The highest BCUT2D eigenvalue weighted by Gasteiger charge is 2.33. The zero-order valence-electron chi connectivity index (χ0n) is 9.39. The maximum Gasteiger partial charge on any atom is 0.433 e. The van der Waals surface area contributed by atoms with Crippen LogP contribution in [0.2, 0.25) is 5.15 Å². The molecule has 2 aromatic rings. The predicted octanol–water partition coefficient (Wildman–Crippen LogP) is 3.23. The molecule has 2 rings (SSSR count). The Morgan fingerprint density at radius 1 is 1.21 bits per heavy atom. The molecule has 0 aliphatic carbocycles. The van der Waals surface area contributed by atoms with E-state index in [9.17, 15) is 18.3 Å². The molecule has 0 bridgehead atoms. The predicted molar refractivity (Wildman–Crippen MR) is 62.5 cm³/mol. The molecule has 2 heterocycles. The van der Waals surface area contributed by atoms with E-state index in [-0.39, 0.29) is 10.7 Å². The molecule has 100 valence electrons. The van der Waals surface area contributed by atoms with Crippen LogP contribution in [-0.4, -0.2) is 15.1 Å².